The van der Waals surface area contributed by atoms with Crippen LogP contribution in [0.4, 0.5) is 0 Å². The van der Waals surface area contributed by atoms with E-state index in [1.165, 1.54) is 0 Å². The Labute approximate surface area is 205 Å². The highest BCUT2D eigenvalue weighted by Gasteiger charge is 2.30. The summed E-state index contributed by atoms with van der Waals surface area (Å²) in [6, 6.07) is 10.3. The van der Waals surface area contributed by atoms with Gasteiger partial charge in [0.05, 0.1) is 0 Å². The van der Waals surface area contributed by atoms with E-state index in [2.05, 4.69) is 5.32 Å². The van der Waals surface area contributed by atoms with Crippen LogP contribution in [0.15, 0.2) is 36.4 Å². The highest BCUT2D eigenvalue weighted by Crippen LogP contribution is 2.33. The van der Waals surface area contributed by atoms with E-state index in [4.69, 9.17) is 32.7 Å². The minimum atomic E-state index is -0.629. The average Bonchev–Trinajstić information content (AvgIpc) is 3.27. The van der Waals surface area contributed by atoms with Crippen LogP contribution in [0.1, 0.15) is 51.2 Å². The number of hydrogen-bond acceptors (Lipinski definition) is 4. The number of fused-ring (bicyclic) bond motifs is 1. The normalized spacial score (nSPS) is 14.0. The van der Waals surface area contributed by atoms with Crippen LogP contribution in [0.25, 0.3) is 0 Å². The van der Waals surface area contributed by atoms with Crippen molar-refractivity contribution in [2.24, 2.45) is 0 Å². The van der Waals surface area contributed by atoms with Crippen LogP contribution in [0.5, 0.6) is 11.5 Å². The summed E-state index contributed by atoms with van der Waals surface area (Å²) in [5.41, 5.74) is 1.59. The van der Waals surface area contributed by atoms with Gasteiger partial charge in [0, 0.05) is 34.6 Å². The van der Waals surface area contributed by atoms with E-state index in [0.29, 0.717) is 39.9 Å². The molecule has 0 saturated heterocycles. The van der Waals surface area contributed by atoms with Gasteiger partial charge in [0.1, 0.15) is 6.04 Å². The molecule has 1 N–H and O–H groups in total. The minimum absolute atomic E-state index is 0.0148. The number of carbonyl (C=O) groups is 2. The van der Waals surface area contributed by atoms with Crippen LogP contribution in [-0.4, -0.2) is 35.6 Å². The van der Waals surface area contributed by atoms with E-state index in [9.17, 15) is 9.59 Å². The number of ether oxygens (including phenoxy) is 2. The van der Waals surface area contributed by atoms with E-state index in [1.807, 2.05) is 39.0 Å². The van der Waals surface area contributed by atoms with Crippen molar-refractivity contribution in [3.8, 4) is 11.5 Å². The third-order valence-electron chi connectivity index (χ3n) is 5.84. The van der Waals surface area contributed by atoms with Gasteiger partial charge in [0.15, 0.2) is 11.5 Å². The lowest BCUT2D eigenvalue weighted by atomic mass is 10.1. The monoisotopic (exact) mass is 492 g/mol. The summed E-state index contributed by atoms with van der Waals surface area (Å²) in [5, 5.41) is 3.94. The van der Waals surface area contributed by atoms with Gasteiger partial charge in [-0.15, -0.1) is 0 Å². The maximum absolute atomic E-state index is 13.4. The fourth-order valence-electron chi connectivity index (χ4n) is 3.71. The van der Waals surface area contributed by atoms with E-state index >= 15 is 0 Å². The van der Waals surface area contributed by atoms with E-state index in [0.717, 1.165) is 12.0 Å². The molecule has 0 aliphatic carbocycles. The summed E-state index contributed by atoms with van der Waals surface area (Å²) >= 11 is 12.8. The molecule has 6 nitrogen and oxygen atoms in total. The Morgan fingerprint density at radius 2 is 1.76 bits per heavy atom. The van der Waals surface area contributed by atoms with E-state index in [-0.39, 0.29) is 37.6 Å². The molecule has 0 bridgehead atoms. The highest BCUT2D eigenvalue weighted by molar-refractivity contribution is 6.36. The largest absolute Gasteiger partial charge is 0.454 e. The SMILES string of the molecule is CC[C@@H](C)NC(=O)[C@H](CC)N(Cc1c(Cl)cccc1Cl)C(=O)CCc1ccc2c(c1)OCO2. The molecule has 1 heterocycles. The molecular formula is C25H30Cl2N2O4. The fraction of sp³-hybridized carbons (Fsp3) is 0.440. The van der Waals surface area contributed by atoms with Crippen molar-refractivity contribution in [3.05, 3.63) is 57.6 Å². The number of nitrogens with one attached hydrogen (secondary N) is 1. The molecule has 0 saturated carbocycles. The molecule has 0 unspecified atom stereocenters. The maximum Gasteiger partial charge on any atom is 0.243 e. The topological polar surface area (TPSA) is 67.9 Å². The molecular weight excluding hydrogens is 463 g/mol. The van der Waals surface area contributed by atoms with Crippen LogP contribution in [-0.2, 0) is 22.6 Å². The quantitative estimate of drug-likeness (QED) is 0.483. The third-order valence-corrected chi connectivity index (χ3v) is 6.55. The van der Waals surface area contributed by atoms with Crippen LogP contribution in [0, 0.1) is 0 Å². The van der Waals surface area contributed by atoms with Gasteiger partial charge in [-0.25, -0.2) is 0 Å². The van der Waals surface area contributed by atoms with E-state index < -0.39 is 6.04 Å². The van der Waals surface area contributed by atoms with Gasteiger partial charge in [-0.3, -0.25) is 9.59 Å². The second-order valence-electron chi connectivity index (χ2n) is 8.15. The van der Waals surface area contributed by atoms with Crippen molar-refractivity contribution in [2.75, 3.05) is 6.79 Å². The number of rotatable bonds is 10. The van der Waals surface area contributed by atoms with Crippen molar-refractivity contribution in [2.45, 2.75) is 65.1 Å². The predicted molar refractivity (Wildman–Crippen MR) is 130 cm³/mol. The first-order valence-corrected chi connectivity index (χ1v) is 12.0. The molecule has 33 heavy (non-hydrogen) atoms. The molecule has 2 aromatic rings. The van der Waals surface area contributed by atoms with Gasteiger partial charge in [0.25, 0.3) is 0 Å². The number of nitrogens with zero attached hydrogens (tertiary/aromatic N) is 1. The fourth-order valence-corrected chi connectivity index (χ4v) is 4.22. The first kappa shape index (κ1) is 25.2. The Bertz CT molecular complexity index is 978. The standard InChI is InChI=1S/C25H30Cl2N2O4/c1-4-16(3)28-25(31)21(5-2)29(14-18-19(26)7-6-8-20(18)27)24(30)12-10-17-9-11-22-23(13-17)33-15-32-22/h6-9,11,13,16,21H,4-5,10,12,14-15H2,1-3H3,(H,28,31)/t16-,21+/m1/s1. The summed E-state index contributed by atoms with van der Waals surface area (Å²) < 4.78 is 10.8. The molecule has 8 heteroatoms. The van der Waals surface area contributed by atoms with Crippen molar-refractivity contribution in [1.29, 1.82) is 0 Å². The molecule has 0 aromatic heterocycles. The Kier molecular flexibility index (Phi) is 8.87. The van der Waals surface area contributed by atoms with Crippen LogP contribution < -0.4 is 14.8 Å². The van der Waals surface area contributed by atoms with Gasteiger partial charge >= 0.3 is 0 Å². The van der Waals surface area contributed by atoms with E-state index in [1.54, 1.807) is 23.1 Å². The van der Waals surface area contributed by atoms with Crippen molar-refractivity contribution >= 4 is 35.0 Å². The highest BCUT2D eigenvalue weighted by atomic mass is 35.5. The smallest absolute Gasteiger partial charge is 0.243 e. The Morgan fingerprint density at radius 1 is 1.06 bits per heavy atom. The van der Waals surface area contributed by atoms with Crippen molar-refractivity contribution in [1.82, 2.24) is 10.2 Å². The lowest BCUT2D eigenvalue weighted by molar-refractivity contribution is -0.141. The lowest BCUT2D eigenvalue weighted by Gasteiger charge is -2.32. The van der Waals surface area contributed by atoms with Crippen LogP contribution >= 0.6 is 23.2 Å². The summed E-state index contributed by atoms with van der Waals surface area (Å²) in [5.74, 6) is 1.06. The minimum Gasteiger partial charge on any atom is -0.454 e. The molecule has 3 rings (SSSR count). The molecule has 178 valence electrons. The molecule has 0 spiro atoms. The zero-order valence-electron chi connectivity index (χ0n) is 19.2. The predicted octanol–water partition coefficient (Wildman–Crippen LogP) is 5.38. The lowest BCUT2D eigenvalue weighted by Crippen LogP contribution is -2.50. The Morgan fingerprint density at radius 3 is 2.42 bits per heavy atom. The number of amides is 2. The number of halogens is 2. The Hall–Kier alpha value is -2.44. The number of benzene rings is 2. The first-order valence-electron chi connectivity index (χ1n) is 11.2. The van der Waals surface area contributed by atoms with Crippen LogP contribution in [0.3, 0.4) is 0 Å². The third kappa shape index (κ3) is 6.33. The maximum atomic E-state index is 13.4. The molecule has 0 fully saturated rings. The second-order valence-corrected chi connectivity index (χ2v) is 8.97. The molecule has 2 amide bonds. The van der Waals surface area contributed by atoms with Gasteiger partial charge in [-0.1, -0.05) is 49.2 Å². The van der Waals surface area contributed by atoms with Gasteiger partial charge in [0.2, 0.25) is 18.6 Å². The molecule has 2 aromatic carbocycles. The molecule has 1 aliphatic rings. The van der Waals surface area contributed by atoms with Crippen molar-refractivity contribution in [3.63, 3.8) is 0 Å². The van der Waals surface area contributed by atoms with Crippen molar-refractivity contribution < 1.29 is 19.1 Å². The molecule has 0 radical (unpaired) electrons. The van der Waals surface area contributed by atoms with Gasteiger partial charge in [-0.05, 0) is 56.0 Å². The number of carbonyl (C=O) groups excluding carboxylic acids is 2. The second kappa shape index (κ2) is 11.6. The average molecular weight is 493 g/mol. The summed E-state index contributed by atoms with van der Waals surface area (Å²) in [4.78, 5) is 28.1. The van der Waals surface area contributed by atoms with Crippen LogP contribution in [0.2, 0.25) is 10.0 Å². The summed E-state index contributed by atoms with van der Waals surface area (Å²) in [7, 11) is 0. The molecule has 2 atom stereocenters. The summed E-state index contributed by atoms with van der Waals surface area (Å²) in [6.45, 7) is 6.21. The summed E-state index contributed by atoms with van der Waals surface area (Å²) in [6.07, 6.45) is 2.01. The Balaban J connectivity index is 1.81. The number of aryl methyl sites for hydroxylation is 1. The molecule has 1 aliphatic heterocycles. The van der Waals surface area contributed by atoms with Gasteiger partial charge in [-0.2, -0.15) is 0 Å². The van der Waals surface area contributed by atoms with Gasteiger partial charge < -0.3 is 19.7 Å². The zero-order valence-corrected chi connectivity index (χ0v) is 20.7. The first-order chi connectivity index (χ1) is 15.8. The number of hydrogen-bond donors (Lipinski definition) is 1. The zero-order chi connectivity index (χ0) is 24.0.